The maximum absolute atomic E-state index is 11.5. The Bertz CT molecular complexity index is 832. The summed E-state index contributed by atoms with van der Waals surface area (Å²) in [5.41, 5.74) is 11.4. The Labute approximate surface area is 113 Å². The second-order valence-electron chi connectivity index (χ2n) is 4.36. The van der Waals surface area contributed by atoms with Crippen LogP contribution in [0.2, 0.25) is 0 Å². The van der Waals surface area contributed by atoms with Gasteiger partial charge in [-0.3, -0.25) is 4.79 Å². The lowest BCUT2D eigenvalue weighted by Gasteiger charge is -2.06. The fourth-order valence-corrected chi connectivity index (χ4v) is 2.01. The average molecular weight is 272 g/mol. The van der Waals surface area contributed by atoms with Gasteiger partial charge in [0.25, 0.3) is 5.91 Å². The van der Waals surface area contributed by atoms with Crippen LogP contribution in [0.3, 0.4) is 0 Å². The molecule has 0 aliphatic heterocycles. The molecule has 0 bridgehead atoms. The first-order chi connectivity index (χ1) is 9.47. The summed E-state index contributed by atoms with van der Waals surface area (Å²) in [7, 11) is 0. The number of amides is 1. The molecule has 3 heterocycles. The summed E-state index contributed by atoms with van der Waals surface area (Å²) >= 11 is 0. The van der Waals surface area contributed by atoms with Crippen molar-refractivity contribution in [1.29, 1.82) is 0 Å². The van der Waals surface area contributed by atoms with Gasteiger partial charge < -0.3 is 15.9 Å². The minimum atomic E-state index is -0.699. The highest BCUT2D eigenvalue weighted by Gasteiger charge is 2.21. The molecule has 0 spiro atoms. The number of nitrogen functional groups attached to an aromatic ring is 1. The van der Waals surface area contributed by atoms with Gasteiger partial charge in [0.15, 0.2) is 11.4 Å². The van der Waals surface area contributed by atoms with Crippen molar-refractivity contribution < 1.29 is 9.21 Å². The molecule has 0 saturated carbocycles. The van der Waals surface area contributed by atoms with E-state index >= 15 is 0 Å². The Morgan fingerprint density at radius 2 is 2.05 bits per heavy atom. The summed E-state index contributed by atoms with van der Waals surface area (Å²) < 4.78 is 6.93. The molecule has 20 heavy (non-hydrogen) atoms. The van der Waals surface area contributed by atoms with Gasteiger partial charge in [-0.1, -0.05) is 0 Å². The molecule has 0 unspecified atom stereocenters. The first kappa shape index (κ1) is 12.2. The van der Waals surface area contributed by atoms with Gasteiger partial charge in [-0.05, 0) is 26.0 Å². The first-order valence-electron chi connectivity index (χ1n) is 5.87. The minimum absolute atomic E-state index is 0.00135. The number of rotatable bonds is 2. The van der Waals surface area contributed by atoms with E-state index < -0.39 is 5.91 Å². The van der Waals surface area contributed by atoms with Crippen molar-refractivity contribution in [3.63, 3.8) is 0 Å². The number of carbonyl (C=O) groups is 1. The van der Waals surface area contributed by atoms with E-state index in [4.69, 9.17) is 15.9 Å². The lowest BCUT2D eigenvalue weighted by atomic mass is 10.2. The Morgan fingerprint density at radius 3 is 2.65 bits per heavy atom. The van der Waals surface area contributed by atoms with Crippen LogP contribution < -0.4 is 11.5 Å². The smallest absolute Gasteiger partial charge is 0.256 e. The Kier molecular flexibility index (Phi) is 2.46. The molecular weight excluding hydrogens is 260 g/mol. The van der Waals surface area contributed by atoms with Crippen LogP contribution >= 0.6 is 0 Å². The molecule has 0 aliphatic carbocycles. The van der Waals surface area contributed by atoms with Gasteiger partial charge in [-0.2, -0.15) is 4.52 Å². The molecule has 8 heteroatoms. The van der Waals surface area contributed by atoms with Gasteiger partial charge in [0.2, 0.25) is 5.82 Å². The summed E-state index contributed by atoms with van der Waals surface area (Å²) in [6, 6.07) is 3.54. The van der Waals surface area contributed by atoms with E-state index in [0.29, 0.717) is 17.4 Å². The molecule has 0 saturated heterocycles. The highest BCUT2D eigenvalue weighted by Crippen LogP contribution is 2.25. The maximum Gasteiger partial charge on any atom is 0.256 e. The zero-order chi connectivity index (χ0) is 14.4. The molecular formula is C12H12N6O2. The highest BCUT2D eigenvalue weighted by molar-refractivity contribution is 6.03. The van der Waals surface area contributed by atoms with Crippen molar-refractivity contribution in [1.82, 2.24) is 19.6 Å². The molecule has 0 fully saturated rings. The summed E-state index contributed by atoms with van der Waals surface area (Å²) in [5, 5.41) is 4.20. The minimum Gasteiger partial charge on any atom is -0.458 e. The number of anilines is 1. The zero-order valence-corrected chi connectivity index (χ0v) is 10.9. The van der Waals surface area contributed by atoms with Gasteiger partial charge in [-0.15, -0.1) is 5.10 Å². The number of primary amides is 1. The number of carbonyl (C=O) groups excluding carboxylic acids is 1. The molecule has 3 rings (SSSR count). The van der Waals surface area contributed by atoms with E-state index in [2.05, 4.69) is 15.1 Å². The molecule has 0 atom stereocenters. The predicted octanol–water partition coefficient (Wildman–Crippen LogP) is 0.682. The van der Waals surface area contributed by atoms with Gasteiger partial charge >= 0.3 is 0 Å². The van der Waals surface area contributed by atoms with Crippen LogP contribution in [0.1, 0.15) is 21.9 Å². The SMILES string of the molecule is Cc1nc2c(C(N)=O)c(N)nc(-c3ccc(C)o3)n2n1. The van der Waals surface area contributed by atoms with E-state index in [1.807, 2.05) is 6.92 Å². The number of furan rings is 1. The molecule has 0 radical (unpaired) electrons. The Morgan fingerprint density at radius 1 is 1.30 bits per heavy atom. The largest absolute Gasteiger partial charge is 0.458 e. The molecule has 0 aliphatic rings. The lowest BCUT2D eigenvalue weighted by molar-refractivity contribution is 0.100. The van der Waals surface area contributed by atoms with Crippen molar-refractivity contribution in [3.05, 3.63) is 29.3 Å². The van der Waals surface area contributed by atoms with Crippen LogP contribution in [0.4, 0.5) is 5.82 Å². The van der Waals surface area contributed by atoms with Crippen LogP contribution in [0, 0.1) is 13.8 Å². The summed E-state index contributed by atoms with van der Waals surface area (Å²) in [6.07, 6.45) is 0. The summed E-state index contributed by atoms with van der Waals surface area (Å²) in [6.45, 7) is 3.51. The second kappa shape index (κ2) is 4.05. The van der Waals surface area contributed by atoms with E-state index in [1.165, 1.54) is 4.52 Å². The topological polar surface area (TPSA) is 125 Å². The van der Waals surface area contributed by atoms with Gasteiger partial charge in [0, 0.05) is 0 Å². The lowest BCUT2D eigenvalue weighted by Crippen LogP contribution is -2.17. The molecule has 4 N–H and O–H groups in total. The number of hydrogen-bond donors (Lipinski definition) is 2. The van der Waals surface area contributed by atoms with Gasteiger partial charge in [-0.25, -0.2) is 9.97 Å². The average Bonchev–Trinajstić information content (AvgIpc) is 2.93. The van der Waals surface area contributed by atoms with Crippen LogP contribution in [-0.2, 0) is 0 Å². The zero-order valence-electron chi connectivity index (χ0n) is 10.9. The van der Waals surface area contributed by atoms with Crippen molar-refractivity contribution in [2.75, 3.05) is 5.73 Å². The number of nitrogens with two attached hydrogens (primary N) is 2. The van der Waals surface area contributed by atoms with Crippen LogP contribution in [-0.4, -0.2) is 25.5 Å². The van der Waals surface area contributed by atoms with E-state index in [9.17, 15) is 4.79 Å². The quantitative estimate of drug-likeness (QED) is 0.706. The van der Waals surface area contributed by atoms with Crippen molar-refractivity contribution in [3.8, 4) is 11.6 Å². The van der Waals surface area contributed by atoms with Crippen molar-refractivity contribution >= 4 is 17.4 Å². The van der Waals surface area contributed by atoms with E-state index in [1.54, 1.807) is 19.1 Å². The Balaban J connectivity index is 2.40. The third kappa shape index (κ3) is 1.69. The normalized spacial score (nSPS) is 11.1. The molecule has 8 nitrogen and oxygen atoms in total. The number of aryl methyl sites for hydroxylation is 2. The highest BCUT2D eigenvalue weighted by atomic mass is 16.3. The fourth-order valence-electron chi connectivity index (χ4n) is 2.01. The van der Waals surface area contributed by atoms with Gasteiger partial charge in [0.05, 0.1) is 0 Å². The predicted molar refractivity (Wildman–Crippen MR) is 70.9 cm³/mol. The van der Waals surface area contributed by atoms with Crippen molar-refractivity contribution in [2.24, 2.45) is 5.73 Å². The fraction of sp³-hybridized carbons (Fsp3) is 0.167. The summed E-state index contributed by atoms with van der Waals surface area (Å²) in [4.78, 5) is 19.8. The van der Waals surface area contributed by atoms with E-state index in [0.717, 1.165) is 5.76 Å². The van der Waals surface area contributed by atoms with Crippen LogP contribution in [0.15, 0.2) is 16.5 Å². The maximum atomic E-state index is 11.5. The molecule has 0 aromatic carbocycles. The molecule has 1 amide bonds. The monoisotopic (exact) mass is 272 g/mol. The molecule has 3 aromatic heterocycles. The summed E-state index contributed by atoms with van der Waals surface area (Å²) in [5.74, 6) is 1.36. The molecule has 3 aromatic rings. The number of nitrogens with zero attached hydrogens (tertiary/aromatic N) is 4. The second-order valence-corrected chi connectivity index (χ2v) is 4.36. The number of aromatic nitrogens is 4. The van der Waals surface area contributed by atoms with Crippen molar-refractivity contribution in [2.45, 2.75) is 13.8 Å². The first-order valence-corrected chi connectivity index (χ1v) is 5.87. The third-order valence-electron chi connectivity index (χ3n) is 2.83. The number of hydrogen-bond acceptors (Lipinski definition) is 6. The van der Waals surface area contributed by atoms with E-state index in [-0.39, 0.29) is 17.0 Å². The van der Waals surface area contributed by atoms with Crippen LogP contribution in [0.5, 0.6) is 0 Å². The number of fused-ring (bicyclic) bond motifs is 1. The third-order valence-corrected chi connectivity index (χ3v) is 2.83. The molecule has 102 valence electrons. The van der Waals surface area contributed by atoms with Gasteiger partial charge in [0.1, 0.15) is 23.0 Å². The van der Waals surface area contributed by atoms with Crippen LogP contribution in [0.25, 0.3) is 17.2 Å². The Hall–Kier alpha value is -2.90. The standard InChI is InChI=1S/C12H12N6O2/c1-5-3-4-7(20-5)11-16-9(13)8(10(14)19)12-15-6(2)17-18(11)12/h3-4H,13H2,1-2H3,(H2,14,19).